The number of aryl methyl sites for hydroxylation is 1. The topological polar surface area (TPSA) is 18.5 Å². The first-order chi connectivity index (χ1) is 14.5. The number of hydrogen-bond donors (Lipinski definition) is 0. The molecule has 0 spiro atoms. The van der Waals surface area contributed by atoms with E-state index in [0.29, 0.717) is 30.4 Å². The largest absolute Gasteiger partial charge is 0.491 e. The molecular formula is C24H28F4O2. The van der Waals surface area contributed by atoms with Crippen molar-refractivity contribution in [1.82, 2.24) is 0 Å². The van der Waals surface area contributed by atoms with Crippen molar-refractivity contribution in [2.24, 2.45) is 5.92 Å². The van der Waals surface area contributed by atoms with Crippen molar-refractivity contribution in [2.45, 2.75) is 58.3 Å². The van der Waals surface area contributed by atoms with Gasteiger partial charge in [-0.15, -0.1) is 0 Å². The molecule has 1 aliphatic carbocycles. The first kappa shape index (κ1) is 22.4. The minimum Gasteiger partial charge on any atom is -0.491 e. The Hall–Kier alpha value is -2.24. The van der Waals surface area contributed by atoms with Gasteiger partial charge in [0.25, 0.3) is 0 Å². The number of hydrogen-bond acceptors (Lipinski definition) is 2. The monoisotopic (exact) mass is 424 g/mol. The van der Waals surface area contributed by atoms with Gasteiger partial charge < -0.3 is 9.47 Å². The number of benzene rings is 2. The molecule has 1 fully saturated rings. The fraction of sp³-hybridized carbons (Fsp3) is 0.500. The summed E-state index contributed by atoms with van der Waals surface area (Å²) in [6, 6.07) is 6.12. The molecule has 0 radical (unpaired) electrons. The molecule has 0 heterocycles. The lowest BCUT2D eigenvalue weighted by Gasteiger charge is -2.29. The highest BCUT2D eigenvalue weighted by atomic mass is 19.2. The van der Waals surface area contributed by atoms with Crippen LogP contribution in [0.2, 0.25) is 0 Å². The van der Waals surface area contributed by atoms with Crippen LogP contribution in [0.1, 0.15) is 63.0 Å². The summed E-state index contributed by atoms with van der Waals surface area (Å²) in [5, 5.41) is 0. The van der Waals surface area contributed by atoms with E-state index < -0.39 is 23.3 Å². The summed E-state index contributed by atoms with van der Waals surface area (Å²) in [6.45, 7) is 4.17. The maximum absolute atomic E-state index is 14.4. The maximum Gasteiger partial charge on any atom is 0.200 e. The minimum absolute atomic E-state index is 0.0694. The molecule has 164 valence electrons. The molecule has 2 nitrogen and oxygen atoms in total. The predicted octanol–water partition coefficient (Wildman–Crippen LogP) is 6.95. The minimum atomic E-state index is -0.943. The average Bonchev–Trinajstić information content (AvgIpc) is 2.75. The summed E-state index contributed by atoms with van der Waals surface area (Å²) in [5.74, 6) is -3.63. The van der Waals surface area contributed by atoms with Crippen molar-refractivity contribution in [3.05, 3.63) is 58.7 Å². The van der Waals surface area contributed by atoms with Gasteiger partial charge in [-0.05, 0) is 74.1 Å². The summed E-state index contributed by atoms with van der Waals surface area (Å²) < 4.78 is 67.5. The Balaban J connectivity index is 1.57. The zero-order valence-corrected chi connectivity index (χ0v) is 17.4. The van der Waals surface area contributed by atoms with Crippen molar-refractivity contribution in [1.29, 1.82) is 0 Å². The van der Waals surface area contributed by atoms with Crippen molar-refractivity contribution < 1.29 is 27.0 Å². The highest BCUT2D eigenvalue weighted by molar-refractivity contribution is 5.33. The molecule has 3 rings (SSSR count). The molecule has 0 saturated heterocycles. The first-order valence-electron chi connectivity index (χ1n) is 10.7. The summed E-state index contributed by atoms with van der Waals surface area (Å²) in [6.07, 6.45) is 4.08. The third kappa shape index (κ3) is 4.90. The summed E-state index contributed by atoms with van der Waals surface area (Å²) in [4.78, 5) is 0. The molecule has 2 aromatic carbocycles. The lowest BCUT2D eigenvalue weighted by Crippen LogP contribution is -2.20. The van der Waals surface area contributed by atoms with Crippen molar-refractivity contribution >= 4 is 0 Å². The average molecular weight is 424 g/mol. The first-order valence-corrected chi connectivity index (χ1v) is 10.7. The lowest BCUT2D eigenvalue weighted by molar-refractivity contribution is 0.191. The number of rotatable bonds is 8. The smallest absolute Gasteiger partial charge is 0.200 e. The van der Waals surface area contributed by atoms with Crippen LogP contribution < -0.4 is 9.47 Å². The molecule has 6 heteroatoms. The van der Waals surface area contributed by atoms with Crippen LogP contribution in [0, 0.1) is 29.2 Å². The van der Waals surface area contributed by atoms with E-state index in [1.807, 2.05) is 6.92 Å². The summed E-state index contributed by atoms with van der Waals surface area (Å²) in [7, 11) is 0. The second kappa shape index (κ2) is 10.2. The van der Waals surface area contributed by atoms with Gasteiger partial charge in [0.05, 0.1) is 13.2 Å². The second-order valence-corrected chi connectivity index (χ2v) is 7.84. The van der Waals surface area contributed by atoms with Gasteiger partial charge in [0.2, 0.25) is 11.6 Å². The molecule has 1 saturated carbocycles. The SMILES string of the molecule is CCCc1ccc(OCC2CCC(c3ccc(OCC)c(F)c3F)CC2)c(F)c1F. The Kier molecular flexibility index (Phi) is 7.62. The van der Waals surface area contributed by atoms with E-state index >= 15 is 0 Å². The van der Waals surface area contributed by atoms with Gasteiger partial charge in [0.1, 0.15) is 0 Å². The van der Waals surface area contributed by atoms with Crippen LogP contribution >= 0.6 is 0 Å². The van der Waals surface area contributed by atoms with Crippen molar-refractivity contribution in [2.75, 3.05) is 13.2 Å². The molecule has 0 atom stereocenters. The van der Waals surface area contributed by atoms with Crippen LogP contribution in [0.4, 0.5) is 17.6 Å². The van der Waals surface area contributed by atoms with E-state index in [1.165, 1.54) is 12.1 Å². The van der Waals surface area contributed by atoms with Crippen molar-refractivity contribution in [3.63, 3.8) is 0 Å². The van der Waals surface area contributed by atoms with Crippen LogP contribution in [0.25, 0.3) is 0 Å². The molecule has 0 amide bonds. The van der Waals surface area contributed by atoms with Crippen LogP contribution in [0.15, 0.2) is 24.3 Å². The fourth-order valence-corrected chi connectivity index (χ4v) is 4.12. The van der Waals surface area contributed by atoms with Gasteiger partial charge in [0.15, 0.2) is 23.1 Å². The van der Waals surface area contributed by atoms with Gasteiger partial charge in [-0.3, -0.25) is 0 Å². The Morgan fingerprint density at radius 3 is 2.07 bits per heavy atom. The van der Waals surface area contributed by atoms with Gasteiger partial charge in [-0.1, -0.05) is 25.5 Å². The molecule has 0 unspecified atom stereocenters. The van der Waals surface area contributed by atoms with E-state index in [0.717, 1.165) is 19.3 Å². The normalized spacial score (nSPS) is 19.0. The van der Waals surface area contributed by atoms with E-state index in [2.05, 4.69) is 0 Å². The van der Waals surface area contributed by atoms with Gasteiger partial charge in [-0.2, -0.15) is 8.78 Å². The molecule has 0 aliphatic heterocycles. The predicted molar refractivity (Wildman–Crippen MR) is 108 cm³/mol. The van der Waals surface area contributed by atoms with Gasteiger partial charge >= 0.3 is 0 Å². The van der Waals surface area contributed by atoms with E-state index in [4.69, 9.17) is 9.47 Å². The maximum atomic E-state index is 14.4. The van der Waals surface area contributed by atoms with Gasteiger partial charge in [0, 0.05) is 0 Å². The summed E-state index contributed by atoms with van der Waals surface area (Å²) >= 11 is 0. The Bertz CT molecular complexity index is 861. The Labute approximate surface area is 175 Å². The third-order valence-corrected chi connectivity index (χ3v) is 5.78. The highest BCUT2D eigenvalue weighted by Gasteiger charge is 2.27. The quantitative estimate of drug-likeness (QED) is 0.427. The fourth-order valence-electron chi connectivity index (χ4n) is 4.12. The van der Waals surface area contributed by atoms with Crippen LogP contribution in [0.5, 0.6) is 11.5 Å². The molecule has 0 N–H and O–H groups in total. The molecule has 1 aliphatic rings. The van der Waals surface area contributed by atoms with Crippen molar-refractivity contribution in [3.8, 4) is 11.5 Å². The lowest BCUT2D eigenvalue weighted by atomic mass is 9.79. The zero-order valence-electron chi connectivity index (χ0n) is 17.4. The van der Waals surface area contributed by atoms with Crippen LogP contribution in [-0.4, -0.2) is 13.2 Å². The van der Waals surface area contributed by atoms with Crippen LogP contribution in [-0.2, 0) is 6.42 Å². The van der Waals surface area contributed by atoms with E-state index in [9.17, 15) is 17.6 Å². The highest BCUT2D eigenvalue weighted by Crippen LogP contribution is 2.39. The third-order valence-electron chi connectivity index (χ3n) is 5.78. The van der Waals surface area contributed by atoms with E-state index in [-0.39, 0.29) is 36.5 Å². The molecule has 30 heavy (non-hydrogen) atoms. The molecular weight excluding hydrogens is 396 g/mol. The summed E-state index contributed by atoms with van der Waals surface area (Å²) in [5.41, 5.74) is 0.724. The standard InChI is InChI=1S/C24H28F4O2/c1-3-5-17-10-12-20(23(27)21(17)25)30-14-15-6-8-16(9-7-15)18-11-13-19(29-4-2)24(28)22(18)26/h10-13,15-16H,3-9,14H2,1-2H3. The second-order valence-electron chi connectivity index (χ2n) is 7.84. The number of halogens is 4. The Morgan fingerprint density at radius 2 is 1.40 bits per heavy atom. The zero-order chi connectivity index (χ0) is 21.7. The molecule has 2 aromatic rings. The Morgan fingerprint density at radius 1 is 0.767 bits per heavy atom. The van der Waals surface area contributed by atoms with Gasteiger partial charge in [-0.25, -0.2) is 8.78 Å². The molecule has 0 aromatic heterocycles. The van der Waals surface area contributed by atoms with Crippen LogP contribution in [0.3, 0.4) is 0 Å². The molecule has 0 bridgehead atoms. The van der Waals surface area contributed by atoms with E-state index in [1.54, 1.807) is 19.1 Å². The number of ether oxygens (including phenoxy) is 2.